The standard InChI is InChI=1S/C12H2F20O5/c13-3(7(17,18)19)1-34-6(36-3,10(26,27)28)12(31,32)35-2(33)4(14,8(20,21)22)37-11(29,30)5(15,16)9(23,24)25/h1H2. The molecule has 0 aliphatic carbocycles. The van der Waals surface area contributed by atoms with E-state index in [-0.39, 0.29) is 0 Å². The van der Waals surface area contributed by atoms with Crippen LogP contribution in [0.15, 0.2) is 0 Å². The van der Waals surface area contributed by atoms with Crippen LogP contribution in [0, 0.1) is 0 Å². The van der Waals surface area contributed by atoms with E-state index in [1.54, 1.807) is 0 Å². The van der Waals surface area contributed by atoms with Gasteiger partial charge in [0.2, 0.25) is 0 Å². The van der Waals surface area contributed by atoms with Gasteiger partial charge in [-0.1, -0.05) is 0 Å². The van der Waals surface area contributed by atoms with Crippen LogP contribution in [0.1, 0.15) is 0 Å². The number of hydrogen-bond acceptors (Lipinski definition) is 5. The molecule has 1 fully saturated rings. The van der Waals surface area contributed by atoms with Crippen molar-refractivity contribution in [2.24, 2.45) is 0 Å². The number of rotatable bonds is 6. The molecule has 37 heavy (non-hydrogen) atoms. The molecule has 3 unspecified atom stereocenters. The predicted octanol–water partition coefficient (Wildman–Crippen LogP) is 5.69. The minimum absolute atomic E-state index is 1.45. The zero-order valence-corrected chi connectivity index (χ0v) is 15.8. The van der Waals surface area contributed by atoms with Crippen molar-refractivity contribution < 1.29 is 112 Å². The van der Waals surface area contributed by atoms with E-state index in [1.807, 2.05) is 4.74 Å². The van der Waals surface area contributed by atoms with E-state index in [9.17, 15) is 92.6 Å². The van der Waals surface area contributed by atoms with E-state index < -0.39 is 72.9 Å². The molecule has 0 saturated carbocycles. The van der Waals surface area contributed by atoms with Gasteiger partial charge in [-0.05, 0) is 0 Å². The van der Waals surface area contributed by atoms with Crippen LogP contribution in [0.25, 0.3) is 0 Å². The molecule has 0 aromatic heterocycles. The third kappa shape index (κ3) is 5.16. The number of esters is 1. The monoisotopic (exact) mass is 606 g/mol. The maximum absolute atomic E-state index is 14.0. The summed E-state index contributed by atoms with van der Waals surface area (Å²) in [7, 11) is 0. The molecule has 1 heterocycles. The van der Waals surface area contributed by atoms with Crippen molar-refractivity contribution in [3.63, 3.8) is 0 Å². The van der Waals surface area contributed by atoms with Gasteiger partial charge in [-0.3, -0.25) is 9.47 Å². The van der Waals surface area contributed by atoms with Crippen molar-refractivity contribution in [3.05, 3.63) is 0 Å². The Labute approximate surface area is 186 Å². The van der Waals surface area contributed by atoms with Crippen LogP contribution in [0.3, 0.4) is 0 Å². The summed E-state index contributed by atoms with van der Waals surface area (Å²) in [6, 6.07) is 0. The molecule has 25 heteroatoms. The molecule has 220 valence electrons. The summed E-state index contributed by atoms with van der Waals surface area (Å²) in [5.74, 6) is -33.1. The largest absolute Gasteiger partial charge is 0.466 e. The molecule has 0 aromatic rings. The summed E-state index contributed by atoms with van der Waals surface area (Å²) in [4.78, 5) is 11.2. The summed E-state index contributed by atoms with van der Waals surface area (Å²) in [5, 5.41) is 0. The number of alkyl halides is 20. The van der Waals surface area contributed by atoms with Gasteiger partial charge in [0.25, 0.3) is 0 Å². The molecule has 1 rings (SSSR count). The number of ether oxygens (including phenoxy) is 4. The van der Waals surface area contributed by atoms with E-state index in [0.717, 1.165) is 0 Å². The van der Waals surface area contributed by atoms with Gasteiger partial charge in [0, 0.05) is 0 Å². The molecule has 1 aliphatic heterocycles. The third-order valence-electron chi connectivity index (χ3n) is 3.78. The van der Waals surface area contributed by atoms with Crippen LogP contribution < -0.4 is 0 Å². The van der Waals surface area contributed by atoms with Gasteiger partial charge in [-0.15, -0.1) is 0 Å². The Morgan fingerprint density at radius 3 is 1.41 bits per heavy atom. The second kappa shape index (κ2) is 8.47. The van der Waals surface area contributed by atoms with Gasteiger partial charge in [0.1, 0.15) is 6.61 Å². The van der Waals surface area contributed by atoms with Crippen LogP contribution >= 0.6 is 0 Å². The summed E-state index contributed by atoms with van der Waals surface area (Å²) < 4.78 is 266. The van der Waals surface area contributed by atoms with Gasteiger partial charge in [0.15, 0.2) is 0 Å². The van der Waals surface area contributed by atoms with Crippen LogP contribution in [-0.2, 0) is 23.7 Å². The maximum atomic E-state index is 14.0. The van der Waals surface area contributed by atoms with Crippen molar-refractivity contribution in [2.75, 3.05) is 6.61 Å². The summed E-state index contributed by atoms with van der Waals surface area (Å²) in [6.07, 6.45) is -44.6. The van der Waals surface area contributed by atoms with Gasteiger partial charge < -0.3 is 9.47 Å². The SMILES string of the molecule is O=C(OC(F)(F)C1(C(F)(F)F)OCC(F)(C(F)(F)F)O1)C(F)(OC(F)(F)C(F)(F)C(F)(F)F)C(F)(F)F. The summed E-state index contributed by atoms with van der Waals surface area (Å²) in [5.41, 5.74) is 0. The lowest BCUT2D eigenvalue weighted by Gasteiger charge is -2.37. The zero-order valence-electron chi connectivity index (χ0n) is 15.8. The Balaban J connectivity index is 3.59. The molecule has 5 nitrogen and oxygen atoms in total. The number of halogens is 20. The first-order chi connectivity index (χ1) is 15.7. The minimum atomic E-state index is -7.86. The van der Waals surface area contributed by atoms with Crippen molar-refractivity contribution in [3.8, 4) is 0 Å². The zero-order chi connectivity index (χ0) is 30.1. The molecule has 1 saturated heterocycles. The smallest absolute Gasteiger partial charge is 0.392 e. The van der Waals surface area contributed by atoms with Crippen molar-refractivity contribution in [2.45, 2.75) is 60.3 Å². The van der Waals surface area contributed by atoms with Crippen molar-refractivity contribution in [1.82, 2.24) is 0 Å². The average Bonchev–Trinajstić information content (AvgIpc) is 3.00. The first kappa shape index (κ1) is 33.0. The van der Waals surface area contributed by atoms with Crippen molar-refractivity contribution >= 4 is 5.97 Å². The highest BCUT2D eigenvalue weighted by Crippen LogP contribution is 2.57. The van der Waals surface area contributed by atoms with Crippen LogP contribution in [0.2, 0.25) is 0 Å². The predicted molar refractivity (Wildman–Crippen MR) is 63.7 cm³/mol. The molecule has 0 bridgehead atoms. The maximum Gasteiger partial charge on any atom is 0.466 e. The normalized spacial score (nSPS) is 26.7. The molecule has 0 amide bonds. The summed E-state index contributed by atoms with van der Waals surface area (Å²) in [6.45, 7) is -3.24. The fourth-order valence-corrected chi connectivity index (χ4v) is 1.94. The fraction of sp³-hybridized carbons (Fsp3) is 0.917. The van der Waals surface area contributed by atoms with Crippen LogP contribution in [0.4, 0.5) is 87.8 Å². The Bertz CT molecular complexity index is 871. The molecule has 0 spiro atoms. The summed E-state index contributed by atoms with van der Waals surface area (Å²) >= 11 is 0. The highest BCUT2D eigenvalue weighted by atomic mass is 19.4. The second-order valence-corrected chi connectivity index (χ2v) is 6.42. The fourth-order valence-electron chi connectivity index (χ4n) is 1.94. The lowest BCUT2D eigenvalue weighted by atomic mass is 10.2. The molecule has 0 N–H and O–H groups in total. The number of hydrogen-bond donors (Lipinski definition) is 0. The van der Waals surface area contributed by atoms with Crippen LogP contribution in [-0.4, -0.2) is 72.9 Å². The molecule has 1 aliphatic rings. The minimum Gasteiger partial charge on any atom is -0.392 e. The first-order valence-electron chi connectivity index (χ1n) is 7.80. The lowest BCUT2D eigenvalue weighted by molar-refractivity contribution is -0.494. The quantitative estimate of drug-likeness (QED) is 0.288. The Morgan fingerprint density at radius 1 is 0.676 bits per heavy atom. The van der Waals surface area contributed by atoms with E-state index >= 15 is 0 Å². The van der Waals surface area contributed by atoms with E-state index in [4.69, 9.17) is 0 Å². The Morgan fingerprint density at radius 2 is 1.11 bits per heavy atom. The van der Waals surface area contributed by atoms with E-state index in [2.05, 4.69) is 9.47 Å². The molecular weight excluding hydrogens is 604 g/mol. The molecule has 0 aromatic carbocycles. The second-order valence-electron chi connectivity index (χ2n) is 6.42. The first-order valence-corrected chi connectivity index (χ1v) is 7.80. The molecular formula is C12H2F20O5. The van der Waals surface area contributed by atoms with Crippen molar-refractivity contribution in [1.29, 1.82) is 0 Å². The molecule has 0 radical (unpaired) electrons. The Kier molecular flexibility index (Phi) is 7.55. The van der Waals surface area contributed by atoms with Gasteiger partial charge >= 0.3 is 66.3 Å². The topological polar surface area (TPSA) is 54.0 Å². The number of carbonyl (C=O) groups is 1. The highest BCUT2D eigenvalue weighted by Gasteiger charge is 2.86. The average molecular weight is 606 g/mol. The Hall–Kier alpha value is -2.05. The lowest BCUT2D eigenvalue weighted by Crippen LogP contribution is -2.66. The highest BCUT2D eigenvalue weighted by molar-refractivity contribution is 5.79. The van der Waals surface area contributed by atoms with E-state index in [0.29, 0.717) is 0 Å². The third-order valence-corrected chi connectivity index (χ3v) is 3.78. The van der Waals surface area contributed by atoms with Gasteiger partial charge in [0.05, 0.1) is 0 Å². The van der Waals surface area contributed by atoms with Gasteiger partial charge in [-0.2, -0.15) is 87.8 Å². The van der Waals surface area contributed by atoms with Gasteiger partial charge in [-0.25, -0.2) is 4.79 Å². The van der Waals surface area contributed by atoms with Crippen LogP contribution in [0.5, 0.6) is 0 Å². The number of carbonyl (C=O) groups excluding carboxylic acids is 1. The van der Waals surface area contributed by atoms with E-state index in [1.165, 1.54) is 4.74 Å². The molecule has 3 atom stereocenters.